The summed E-state index contributed by atoms with van der Waals surface area (Å²) >= 11 is 0. The van der Waals surface area contributed by atoms with Gasteiger partial charge in [-0.15, -0.1) is 0 Å². The zero-order valence-corrected chi connectivity index (χ0v) is 26.4. The lowest BCUT2D eigenvalue weighted by atomic mass is 10.0. The van der Waals surface area contributed by atoms with Crippen LogP contribution in [0.15, 0.2) is 108 Å². The lowest BCUT2D eigenvalue weighted by Gasteiger charge is -2.33. The third-order valence-corrected chi connectivity index (χ3v) is 9.06. The highest BCUT2D eigenvalue weighted by Crippen LogP contribution is 2.27. The Bertz CT molecular complexity index is 1660. The molecule has 0 bridgehead atoms. The predicted octanol–water partition coefficient (Wildman–Crippen LogP) is 5.28. The van der Waals surface area contributed by atoms with E-state index in [1.54, 1.807) is 36.4 Å². The molecule has 0 aliphatic heterocycles. The molecule has 4 aromatic rings. The van der Waals surface area contributed by atoms with Crippen LogP contribution in [0.25, 0.3) is 0 Å². The SMILES string of the molecule is CCOc1ccc(N(CC(=O)N(Cc2cccc(C)c2)C(Cc2ccccc2)C(=O)NC)S(=O)(=O)c2ccc(C)cc2)cc1. The molecule has 9 heteroatoms. The second kappa shape index (κ2) is 14.7. The Morgan fingerprint density at radius 2 is 1.48 bits per heavy atom. The Balaban J connectivity index is 1.78. The van der Waals surface area contributed by atoms with Gasteiger partial charge >= 0.3 is 0 Å². The van der Waals surface area contributed by atoms with Gasteiger partial charge in [-0.25, -0.2) is 8.42 Å². The van der Waals surface area contributed by atoms with Gasteiger partial charge in [0.1, 0.15) is 18.3 Å². The van der Waals surface area contributed by atoms with E-state index >= 15 is 0 Å². The first kappa shape index (κ1) is 32.3. The van der Waals surface area contributed by atoms with Crippen molar-refractivity contribution in [3.63, 3.8) is 0 Å². The average molecular weight is 614 g/mol. The van der Waals surface area contributed by atoms with Gasteiger partial charge in [-0.3, -0.25) is 13.9 Å². The van der Waals surface area contributed by atoms with Crippen LogP contribution in [0.3, 0.4) is 0 Å². The van der Waals surface area contributed by atoms with E-state index in [1.165, 1.54) is 24.1 Å². The molecule has 1 unspecified atom stereocenters. The fraction of sp³-hybridized carbons (Fsp3) is 0.257. The number of aryl methyl sites for hydroxylation is 2. The summed E-state index contributed by atoms with van der Waals surface area (Å²) in [5, 5.41) is 2.70. The number of hydrogen-bond donors (Lipinski definition) is 1. The molecule has 0 radical (unpaired) electrons. The van der Waals surface area contributed by atoms with E-state index in [1.807, 2.05) is 75.4 Å². The number of rotatable bonds is 13. The highest BCUT2D eigenvalue weighted by molar-refractivity contribution is 7.92. The second-order valence-electron chi connectivity index (χ2n) is 10.6. The minimum absolute atomic E-state index is 0.0576. The largest absolute Gasteiger partial charge is 0.494 e. The molecule has 0 saturated carbocycles. The second-order valence-corrected chi connectivity index (χ2v) is 12.4. The van der Waals surface area contributed by atoms with Gasteiger partial charge in [-0.05, 0) is 68.3 Å². The van der Waals surface area contributed by atoms with Gasteiger partial charge in [0.25, 0.3) is 10.0 Å². The highest BCUT2D eigenvalue weighted by Gasteiger charge is 2.34. The van der Waals surface area contributed by atoms with Crippen molar-refractivity contribution in [1.82, 2.24) is 10.2 Å². The minimum Gasteiger partial charge on any atom is -0.494 e. The normalized spacial score (nSPS) is 11.8. The van der Waals surface area contributed by atoms with Crippen molar-refractivity contribution in [3.8, 4) is 5.75 Å². The van der Waals surface area contributed by atoms with Crippen LogP contribution < -0.4 is 14.4 Å². The van der Waals surface area contributed by atoms with Gasteiger partial charge in [-0.1, -0.05) is 77.9 Å². The lowest BCUT2D eigenvalue weighted by Crippen LogP contribution is -2.53. The maximum atomic E-state index is 14.4. The number of ether oxygens (including phenoxy) is 1. The maximum Gasteiger partial charge on any atom is 0.264 e. The monoisotopic (exact) mass is 613 g/mol. The lowest BCUT2D eigenvalue weighted by molar-refractivity contribution is -0.139. The molecule has 0 heterocycles. The van der Waals surface area contributed by atoms with Gasteiger partial charge in [0.05, 0.1) is 17.2 Å². The third-order valence-electron chi connectivity index (χ3n) is 7.28. The van der Waals surface area contributed by atoms with E-state index in [-0.39, 0.29) is 23.8 Å². The number of amides is 2. The Labute approximate surface area is 260 Å². The maximum absolute atomic E-state index is 14.4. The predicted molar refractivity (Wildman–Crippen MR) is 173 cm³/mol. The van der Waals surface area contributed by atoms with E-state index in [2.05, 4.69) is 5.32 Å². The number of nitrogens with one attached hydrogen (secondary N) is 1. The average Bonchev–Trinajstić information content (AvgIpc) is 3.02. The van der Waals surface area contributed by atoms with Gasteiger partial charge in [0.15, 0.2) is 0 Å². The van der Waals surface area contributed by atoms with Crippen LogP contribution in [0.5, 0.6) is 5.75 Å². The number of hydrogen-bond acceptors (Lipinski definition) is 5. The molecule has 0 aromatic heterocycles. The fourth-order valence-electron chi connectivity index (χ4n) is 4.97. The first-order valence-electron chi connectivity index (χ1n) is 14.5. The molecule has 0 saturated heterocycles. The Kier molecular flexibility index (Phi) is 10.8. The molecule has 4 rings (SSSR count). The van der Waals surface area contributed by atoms with E-state index in [0.29, 0.717) is 18.0 Å². The van der Waals surface area contributed by atoms with E-state index in [9.17, 15) is 18.0 Å². The van der Waals surface area contributed by atoms with E-state index < -0.39 is 28.5 Å². The van der Waals surface area contributed by atoms with Gasteiger partial charge in [-0.2, -0.15) is 0 Å². The van der Waals surface area contributed by atoms with Crippen LogP contribution in [0.4, 0.5) is 5.69 Å². The molecule has 1 atom stereocenters. The molecule has 4 aromatic carbocycles. The van der Waals surface area contributed by atoms with Crippen LogP contribution in [0.1, 0.15) is 29.2 Å². The molecule has 0 aliphatic carbocycles. The van der Waals surface area contributed by atoms with Gasteiger partial charge in [0.2, 0.25) is 11.8 Å². The third kappa shape index (κ3) is 8.05. The smallest absolute Gasteiger partial charge is 0.264 e. The summed E-state index contributed by atoms with van der Waals surface area (Å²) in [5.74, 6) is -0.275. The number of benzene rings is 4. The molecule has 0 fully saturated rings. The Morgan fingerprint density at radius 3 is 2.09 bits per heavy atom. The number of sulfonamides is 1. The minimum atomic E-state index is -4.17. The summed E-state index contributed by atoms with van der Waals surface area (Å²) in [4.78, 5) is 29.3. The topological polar surface area (TPSA) is 96.0 Å². The van der Waals surface area contributed by atoms with Gasteiger partial charge < -0.3 is 15.0 Å². The van der Waals surface area contributed by atoms with Crippen LogP contribution in [0, 0.1) is 13.8 Å². The van der Waals surface area contributed by atoms with Crippen molar-refractivity contribution >= 4 is 27.5 Å². The van der Waals surface area contributed by atoms with Crippen LogP contribution in [-0.4, -0.2) is 51.4 Å². The quantitative estimate of drug-likeness (QED) is 0.221. The van der Waals surface area contributed by atoms with Crippen LogP contribution in [0.2, 0.25) is 0 Å². The van der Waals surface area contributed by atoms with E-state index in [0.717, 1.165) is 26.6 Å². The summed E-state index contributed by atoms with van der Waals surface area (Å²) in [7, 11) is -2.64. The summed E-state index contributed by atoms with van der Waals surface area (Å²) in [5.41, 5.74) is 3.92. The number of anilines is 1. The number of likely N-dealkylation sites (N-methyl/N-ethyl adjacent to an activating group) is 1. The van der Waals surface area contributed by atoms with Crippen molar-refractivity contribution in [2.45, 2.75) is 44.7 Å². The zero-order valence-electron chi connectivity index (χ0n) is 25.6. The molecule has 230 valence electrons. The first-order valence-corrected chi connectivity index (χ1v) is 16.0. The number of carbonyl (C=O) groups excluding carboxylic acids is 2. The van der Waals surface area contributed by atoms with Crippen molar-refractivity contribution < 1.29 is 22.7 Å². The highest BCUT2D eigenvalue weighted by atomic mass is 32.2. The molecular formula is C35H39N3O5S. The van der Waals surface area contributed by atoms with E-state index in [4.69, 9.17) is 4.74 Å². The molecule has 44 heavy (non-hydrogen) atoms. The molecule has 0 spiro atoms. The van der Waals surface area contributed by atoms with Crippen LogP contribution >= 0.6 is 0 Å². The Morgan fingerprint density at radius 1 is 0.818 bits per heavy atom. The molecular weight excluding hydrogens is 574 g/mol. The molecule has 0 aliphatic rings. The summed E-state index contributed by atoms with van der Waals surface area (Å²) in [6, 6.07) is 29.4. The first-order chi connectivity index (χ1) is 21.1. The molecule has 2 amide bonds. The van der Waals surface area contributed by atoms with Gasteiger partial charge in [0, 0.05) is 20.0 Å². The number of carbonyl (C=O) groups is 2. The summed E-state index contributed by atoms with van der Waals surface area (Å²) in [6.45, 7) is 5.75. The van der Waals surface area contributed by atoms with Crippen molar-refractivity contribution in [2.75, 3.05) is 24.5 Å². The summed E-state index contributed by atoms with van der Waals surface area (Å²) in [6.07, 6.45) is 0.256. The van der Waals surface area contributed by atoms with Crippen molar-refractivity contribution in [2.24, 2.45) is 0 Å². The number of nitrogens with zero attached hydrogens (tertiary/aromatic N) is 2. The summed E-state index contributed by atoms with van der Waals surface area (Å²) < 4.78 is 34.9. The zero-order chi connectivity index (χ0) is 31.7. The van der Waals surface area contributed by atoms with Crippen molar-refractivity contribution in [3.05, 3.63) is 125 Å². The molecule has 8 nitrogen and oxygen atoms in total. The standard InChI is InChI=1S/C35H39N3O5S/c1-5-43-31-18-16-30(17-19-31)38(44(41,42)32-20-14-26(2)15-21-32)25-34(39)37(24-29-13-9-10-27(3)22-29)33(35(40)36-4)23-28-11-7-6-8-12-28/h6-22,33H,5,23-25H2,1-4H3,(H,36,40). The molecule has 1 N–H and O–H groups in total. The Hall–Kier alpha value is -4.63. The van der Waals surface area contributed by atoms with Crippen LogP contribution in [-0.2, 0) is 32.6 Å². The van der Waals surface area contributed by atoms with Crippen molar-refractivity contribution in [1.29, 1.82) is 0 Å². The fourth-order valence-corrected chi connectivity index (χ4v) is 6.38.